The van der Waals surface area contributed by atoms with Gasteiger partial charge in [-0.15, -0.1) is 0 Å². The van der Waals surface area contributed by atoms with E-state index < -0.39 is 5.97 Å². The van der Waals surface area contributed by atoms with Crippen molar-refractivity contribution in [3.05, 3.63) is 41.4 Å². The van der Waals surface area contributed by atoms with E-state index in [-0.39, 0.29) is 5.56 Å². The number of imidazole rings is 1. The van der Waals surface area contributed by atoms with Crippen LogP contribution in [0.3, 0.4) is 0 Å². The van der Waals surface area contributed by atoms with E-state index in [1.165, 1.54) is 0 Å². The molecule has 2 aromatic rings. The molecule has 0 fully saturated rings. The number of rotatable bonds is 4. The molecule has 0 bridgehead atoms. The number of carbonyl (C=O) groups is 1. The van der Waals surface area contributed by atoms with Gasteiger partial charge in [0.05, 0.1) is 6.54 Å². The van der Waals surface area contributed by atoms with E-state index in [2.05, 4.69) is 4.98 Å². The van der Waals surface area contributed by atoms with Crippen molar-refractivity contribution in [1.29, 1.82) is 0 Å². The second-order valence-corrected chi connectivity index (χ2v) is 3.81. The molecule has 0 aliphatic rings. The number of nitrogens with zero attached hydrogens (tertiary/aromatic N) is 2. The van der Waals surface area contributed by atoms with Crippen molar-refractivity contribution in [1.82, 2.24) is 9.55 Å². The molecule has 2 aromatic heterocycles. The Hall–Kier alpha value is -2.04. The van der Waals surface area contributed by atoms with Crippen LogP contribution in [-0.2, 0) is 13.0 Å². The van der Waals surface area contributed by atoms with Crippen LogP contribution >= 0.6 is 0 Å². The standard InChI is InChI=1S/C12H14N2O3/c1-3-11-13-4-5-14(11)7-9-6-10(12(15)16)8(2)17-9/h4-6H,3,7H2,1-2H3,(H,15,16). The Labute approximate surface area is 98.7 Å². The van der Waals surface area contributed by atoms with Gasteiger partial charge in [0.1, 0.15) is 22.9 Å². The van der Waals surface area contributed by atoms with Crippen molar-refractivity contribution >= 4 is 5.97 Å². The maximum Gasteiger partial charge on any atom is 0.339 e. The predicted octanol–water partition coefficient (Wildman–Crippen LogP) is 2.09. The number of carboxylic acid groups (broad SMARTS) is 1. The molecule has 0 aliphatic carbocycles. The molecule has 5 heteroatoms. The van der Waals surface area contributed by atoms with Gasteiger partial charge < -0.3 is 14.1 Å². The first kappa shape index (κ1) is 11.4. The second-order valence-electron chi connectivity index (χ2n) is 3.81. The molecular weight excluding hydrogens is 220 g/mol. The van der Waals surface area contributed by atoms with E-state index in [1.54, 1.807) is 19.2 Å². The first-order chi connectivity index (χ1) is 8.11. The highest BCUT2D eigenvalue weighted by Gasteiger charge is 2.14. The fourth-order valence-corrected chi connectivity index (χ4v) is 1.80. The quantitative estimate of drug-likeness (QED) is 0.879. The molecule has 0 unspecified atom stereocenters. The molecular formula is C12H14N2O3. The normalized spacial score (nSPS) is 10.7. The van der Waals surface area contributed by atoms with Gasteiger partial charge in [-0.25, -0.2) is 9.78 Å². The zero-order chi connectivity index (χ0) is 12.4. The summed E-state index contributed by atoms with van der Waals surface area (Å²) in [7, 11) is 0. The summed E-state index contributed by atoms with van der Waals surface area (Å²) in [5.74, 6) is 1.06. The number of aromatic carboxylic acids is 1. The highest BCUT2D eigenvalue weighted by atomic mass is 16.4. The average Bonchev–Trinajstić information content (AvgIpc) is 2.85. The summed E-state index contributed by atoms with van der Waals surface area (Å²) < 4.78 is 7.37. The molecule has 0 aliphatic heterocycles. The van der Waals surface area contributed by atoms with Gasteiger partial charge in [0, 0.05) is 18.8 Å². The smallest absolute Gasteiger partial charge is 0.339 e. The number of furan rings is 1. The van der Waals surface area contributed by atoms with E-state index in [0.29, 0.717) is 18.1 Å². The summed E-state index contributed by atoms with van der Waals surface area (Å²) >= 11 is 0. The Kier molecular flexibility index (Phi) is 2.99. The number of aryl methyl sites for hydroxylation is 2. The lowest BCUT2D eigenvalue weighted by Gasteiger charge is -2.03. The van der Waals surface area contributed by atoms with Crippen LogP contribution in [0, 0.1) is 6.92 Å². The lowest BCUT2D eigenvalue weighted by molar-refractivity contribution is 0.0695. The molecule has 1 N–H and O–H groups in total. The zero-order valence-electron chi connectivity index (χ0n) is 9.80. The van der Waals surface area contributed by atoms with Crippen molar-refractivity contribution in [2.75, 3.05) is 0 Å². The predicted molar refractivity (Wildman–Crippen MR) is 61.1 cm³/mol. The molecule has 0 spiro atoms. The third-order valence-corrected chi connectivity index (χ3v) is 2.64. The van der Waals surface area contributed by atoms with E-state index in [0.717, 1.165) is 12.2 Å². The van der Waals surface area contributed by atoms with Gasteiger partial charge in [0.25, 0.3) is 0 Å². The minimum absolute atomic E-state index is 0.221. The van der Waals surface area contributed by atoms with E-state index >= 15 is 0 Å². The average molecular weight is 234 g/mol. The summed E-state index contributed by atoms with van der Waals surface area (Å²) in [4.78, 5) is 15.1. The summed E-state index contributed by atoms with van der Waals surface area (Å²) in [6.45, 7) is 4.19. The SMILES string of the molecule is CCc1nccn1Cc1cc(C(=O)O)c(C)o1. The van der Waals surface area contributed by atoms with Crippen LogP contribution in [0.1, 0.15) is 34.6 Å². The summed E-state index contributed by atoms with van der Waals surface area (Å²) in [6.07, 6.45) is 4.42. The van der Waals surface area contributed by atoms with Crippen LogP contribution in [0.4, 0.5) is 0 Å². The largest absolute Gasteiger partial charge is 0.478 e. The molecule has 17 heavy (non-hydrogen) atoms. The van der Waals surface area contributed by atoms with Gasteiger partial charge in [-0.1, -0.05) is 6.92 Å². The van der Waals surface area contributed by atoms with E-state index in [4.69, 9.17) is 9.52 Å². The van der Waals surface area contributed by atoms with Crippen LogP contribution in [-0.4, -0.2) is 20.6 Å². The highest BCUT2D eigenvalue weighted by Crippen LogP contribution is 2.16. The van der Waals surface area contributed by atoms with Crippen molar-refractivity contribution in [2.24, 2.45) is 0 Å². The Morgan fingerprint density at radius 2 is 2.35 bits per heavy atom. The lowest BCUT2D eigenvalue weighted by Crippen LogP contribution is -2.02. The molecule has 5 nitrogen and oxygen atoms in total. The number of hydrogen-bond acceptors (Lipinski definition) is 3. The van der Waals surface area contributed by atoms with Crippen molar-refractivity contribution in [3.63, 3.8) is 0 Å². The molecule has 0 amide bonds. The van der Waals surface area contributed by atoms with Crippen molar-refractivity contribution in [2.45, 2.75) is 26.8 Å². The fraction of sp³-hybridized carbons (Fsp3) is 0.333. The Bertz CT molecular complexity index is 540. The first-order valence-electron chi connectivity index (χ1n) is 5.44. The molecule has 0 saturated carbocycles. The minimum atomic E-state index is -0.959. The van der Waals surface area contributed by atoms with Crippen LogP contribution in [0.2, 0.25) is 0 Å². The molecule has 0 atom stereocenters. The summed E-state index contributed by atoms with van der Waals surface area (Å²) in [5, 5.41) is 8.93. The second kappa shape index (κ2) is 4.45. The number of carboxylic acids is 1. The molecule has 0 radical (unpaired) electrons. The third-order valence-electron chi connectivity index (χ3n) is 2.64. The summed E-state index contributed by atoms with van der Waals surface area (Å²) in [6, 6.07) is 1.57. The monoisotopic (exact) mass is 234 g/mol. The van der Waals surface area contributed by atoms with Crippen LogP contribution in [0.25, 0.3) is 0 Å². The van der Waals surface area contributed by atoms with Gasteiger partial charge >= 0.3 is 5.97 Å². The lowest BCUT2D eigenvalue weighted by atomic mass is 10.2. The van der Waals surface area contributed by atoms with Crippen molar-refractivity contribution < 1.29 is 14.3 Å². The first-order valence-corrected chi connectivity index (χ1v) is 5.44. The van der Waals surface area contributed by atoms with Gasteiger partial charge in [0.15, 0.2) is 0 Å². The minimum Gasteiger partial charge on any atom is -0.478 e. The fourth-order valence-electron chi connectivity index (χ4n) is 1.80. The Morgan fingerprint density at radius 3 is 2.94 bits per heavy atom. The van der Waals surface area contributed by atoms with Gasteiger partial charge in [-0.2, -0.15) is 0 Å². The number of aromatic nitrogens is 2. The molecule has 90 valence electrons. The van der Waals surface area contributed by atoms with E-state index in [1.807, 2.05) is 17.7 Å². The third kappa shape index (κ3) is 2.22. The van der Waals surface area contributed by atoms with Gasteiger partial charge in [-0.05, 0) is 13.0 Å². The summed E-state index contributed by atoms with van der Waals surface area (Å²) in [5.41, 5.74) is 0.221. The van der Waals surface area contributed by atoms with Crippen LogP contribution < -0.4 is 0 Å². The molecule has 0 aromatic carbocycles. The Morgan fingerprint density at radius 1 is 1.59 bits per heavy atom. The van der Waals surface area contributed by atoms with Gasteiger partial charge in [0.2, 0.25) is 0 Å². The number of hydrogen-bond donors (Lipinski definition) is 1. The molecule has 2 heterocycles. The zero-order valence-corrected chi connectivity index (χ0v) is 9.80. The van der Waals surface area contributed by atoms with Crippen LogP contribution in [0.5, 0.6) is 0 Å². The van der Waals surface area contributed by atoms with Crippen LogP contribution in [0.15, 0.2) is 22.9 Å². The maximum atomic E-state index is 10.9. The maximum absolute atomic E-state index is 10.9. The topological polar surface area (TPSA) is 68.3 Å². The van der Waals surface area contributed by atoms with Crippen molar-refractivity contribution in [3.8, 4) is 0 Å². The van der Waals surface area contributed by atoms with Gasteiger partial charge in [-0.3, -0.25) is 0 Å². The molecule has 0 saturated heterocycles. The van der Waals surface area contributed by atoms with E-state index in [9.17, 15) is 4.79 Å². The highest BCUT2D eigenvalue weighted by molar-refractivity contribution is 5.88. The molecule has 2 rings (SSSR count). The Balaban J connectivity index is 2.25.